The minimum atomic E-state index is -1.19. The predicted octanol–water partition coefficient (Wildman–Crippen LogP) is 1.90. The second kappa shape index (κ2) is 7.07. The Bertz CT molecular complexity index is 379. The molecule has 0 rings (SSSR count). The van der Waals surface area contributed by atoms with Crippen molar-refractivity contribution in [3.8, 4) is 0 Å². The molecular weight excluding hydrogens is 248 g/mol. The zero-order valence-electron chi connectivity index (χ0n) is 12.2. The van der Waals surface area contributed by atoms with Gasteiger partial charge in [0.2, 0.25) is 0 Å². The maximum absolute atomic E-state index is 11.8. The molecule has 0 aliphatic heterocycles. The average Bonchev–Trinajstić information content (AvgIpc) is 2.32. The lowest BCUT2D eigenvalue weighted by atomic mass is 9.82. The summed E-state index contributed by atoms with van der Waals surface area (Å²) in [6, 6.07) is 0. The van der Waals surface area contributed by atoms with E-state index in [2.05, 4.69) is 6.58 Å². The van der Waals surface area contributed by atoms with E-state index in [-0.39, 0.29) is 30.5 Å². The fourth-order valence-electron chi connectivity index (χ4n) is 1.39. The Morgan fingerprint density at radius 3 is 2.00 bits per heavy atom. The number of ether oxygens (including phenoxy) is 2. The van der Waals surface area contributed by atoms with Crippen molar-refractivity contribution in [3.05, 3.63) is 12.2 Å². The second-order valence-electron chi connectivity index (χ2n) is 5.20. The van der Waals surface area contributed by atoms with Crippen molar-refractivity contribution in [2.24, 2.45) is 11.3 Å². The van der Waals surface area contributed by atoms with E-state index in [1.54, 1.807) is 13.8 Å². The minimum absolute atomic E-state index is 0.0522. The normalized spacial score (nSPS) is 11.1. The van der Waals surface area contributed by atoms with E-state index in [0.717, 1.165) is 0 Å². The monoisotopic (exact) mass is 270 g/mol. The molecule has 0 aliphatic rings. The van der Waals surface area contributed by atoms with Crippen LogP contribution in [0.5, 0.6) is 0 Å². The molecule has 0 aromatic heterocycles. The highest BCUT2D eigenvalue weighted by Crippen LogP contribution is 2.23. The van der Waals surface area contributed by atoms with Gasteiger partial charge in [0.05, 0.1) is 0 Å². The quantitative estimate of drug-likeness (QED) is 0.306. The Morgan fingerprint density at radius 2 is 1.58 bits per heavy atom. The van der Waals surface area contributed by atoms with Crippen molar-refractivity contribution in [2.75, 3.05) is 13.2 Å². The lowest BCUT2D eigenvalue weighted by Gasteiger charge is -2.22. The van der Waals surface area contributed by atoms with Crippen molar-refractivity contribution in [1.29, 1.82) is 0 Å². The van der Waals surface area contributed by atoms with E-state index < -0.39 is 17.4 Å². The predicted molar refractivity (Wildman–Crippen MR) is 70.4 cm³/mol. The summed E-state index contributed by atoms with van der Waals surface area (Å²) in [5.41, 5.74) is -0.909. The summed E-state index contributed by atoms with van der Waals surface area (Å²) in [6.45, 7) is 11.3. The van der Waals surface area contributed by atoms with Crippen LogP contribution >= 0.6 is 0 Å². The number of Topliss-reactive ketones (excluding diaryl/α,β-unsaturated/α-hetero) is 1. The molecular formula is C14H22O5. The number of hydrogen-bond donors (Lipinski definition) is 0. The van der Waals surface area contributed by atoms with E-state index in [4.69, 9.17) is 9.47 Å². The molecule has 0 amide bonds. The van der Waals surface area contributed by atoms with Crippen LogP contribution in [0.3, 0.4) is 0 Å². The molecule has 5 nitrogen and oxygen atoms in total. The number of carbonyl (C=O) groups excluding carboxylic acids is 3. The molecule has 108 valence electrons. The molecule has 0 heterocycles. The number of ketones is 1. The SMILES string of the molecule is C=C(C)C(=O)OCCOC(=O)C(C)(C)C(=O)C(C)C. The van der Waals surface area contributed by atoms with Crippen LogP contribution in [0, 0.1) is 11.3 Å². The number of rotatable bonds is 7. The molecule has 5 heteroatoms. The zero-order valence-corrected chi connectivity index (χ0v) is 12.2. The molecule has 0 fully saturated rings. The van der Waals surface area contributed by atoms with E-state index in [0.29, 0.717) is 0 Å². The summed E-state index contributed by atoms with van der Waals surface area (Å²) in [7, 11) is 0. The highest BCUT2D eigenvalue weighted by atomic mass is 16.6. The van der Waals surface area contributed by atoms with Gasteiger partial charge in [0.15, 0.2) is 5.78 Å². The van der Waals surface area contributed by atoms with Crippen molar-refractivity contribution in [2.45, 2.75) is 34.6 Å². The van der Waals surface area contributed by atoms with Gasteiger partial charge < -0.3 is 9.47 Å². The third-order valence-corrected chi connectivity index (χ3v) is 2.55. The Kier molecular flexibility index (Phi) is 6.45. The van der Waals surface area contributed by atoms with Crippen molar-refractivity contribution >= 4 is 17.7 Å². The molecule has 0 atom stereocenters. The van der Waals surface area contributed by atoms with Gasteiger partial charge in [0.25, 0.3) is 0 Å². The lowest BCUT2D eigenvalue weighted by molar-refractivity contribution is -0.162. The van der Waals surface area contributed by atoms with Gasteiger partial charge in [0, 0.05) is 11.5 Å². The van der Waals surface area contributed by atoms with Gasteiger partial charge in [-0.25, -0.2) is 4.79 Å². The number of carbonyl (C=O) groups is 3. The Balaban J connectivity index is 4.22. The average molecular weight is 270 g/mol. The van der Waals surface area contributed by atoms with Crippen LogP contribution in [-0.4, -0.2) is 30.9 Å². The van der Waals surface area contributed by atoms with Crippen molar-refractivity contribution in [1.82, 2.24) is 0 Å². The van der Waals surface area contributed by atoms with Crippen LogP contribution in [0.25, 0.3) is 0 Å². The van der Waals surface area contributed by atoms with Gasteiger partial charge in [-0.2, -0.15) is 0 Å². The highest BCUT2D eigenvalue weighted by molar-refractivity contribution is 6.03. The summed E-state index contributed by atoms with van der Waals surface area (Å²) in [6.07, 6.45) is 0. The molecule has 0 radical (unpaired) electrons. The van der Waals surface area contributed by atoms with Gasteiger partial charge in [0.1, 0.15) is 18.6 Å². The fourth-order valence-corrected chi connectivity index (χ4v) is 1.39. The summed E-state index contributed by atoms with van der Waals surface area (Å²) < 4.78 is 9.72. The summed E-state index contributed by atoms with van der Waals surface area (Å²) in [5, 5.41) is 0. The molecule has 0 unspecified atom stereocenters. The first-order valence-corrected chi connectivity index (χ1v) is 6.14. The lowest BCUT2D eigenvalue weighted by Crippen LogP contribution is -2.38. The van der Waals surface area contributed by atoms with Crippen LogP contribution in [0.15, 0.2) is 12.2 Å². The van der Waals surface area contributed by atoms with Gasteiger partial charge in [-0.15, -0.1) is 0 Å². The first-order valence-electron chi connectivity index (χ1n) is 6.14. The molecule has 0 bridgehead atoms. The van der Waals surface area contributed by atoms with Crippen molar-refractivity contribution < 1.29 is 23.9 Å². The maximum atomic E-state index is 11.8. The molecule has 0 saturated heterocycles. The van der Waals surface area contributed by atoms with Gasteiger partial charge in [-0.1, -0.05) is 20.4 Å². The van der Waals surface area contributed by atoms with E-state index in [1.807, 2.05) is 0 Å². The molecule has 19 heavy (non-hydrogen) atoms. The number of esters is 2. The molecule has 0 N–H and O–H groups in total. The summed E-state index contributed by atoms with van der Waals surface area (Å²) >= 11 is 0. The first kappa shape index (κ1) is 17.4. The van der Waals surface area contributed by atoms with Gasteiger partial charge >= 0.3 is 11.9 Å². The molecule has 0 spiro atoms. The van der Waals surface area contributed by atoms with Crippen LogP contribution in [0.2, 0.25) is 0 Å². The Morgan fingerprint density at radius 1 is 1.11 bits per heavy atom. The molecule has 0 aromatic rings. The molecule has 0 saturated carbocycles. The van der Waals surface area contributed by atoms with E-state index in [9.17, 15) is 14.4 Å². The number of hydrogen-bond acceptors (Lipinski definition) is 5. The van der Waals surface area contributed by atoms with Crippen LogP contribution in [0.1, 0.15) is 34.6 Å². The van der Waals surface area contributed by atoms with Crippen LogP contribution in [-0.2, 0) is 23.9 Å². The summed E-state index contributed by atoms with van der Waals surface area (Å²) in [4.78, 5) is 34.7. The van der Waals surface area contributed by atoms with Gasteiger partial charge in [-0.05, 0) is 20.8 Å². The smallest absolute Gasteiger partial charge is 0.333 e. The molecule has 0 aromatic carbocycles. The standard InChI is InChI=1S/C14H22O5/c1-9(2)11(15)14(5,6)13(17)19-8-7-18-12(16)10(3)4/h9H,3,7-8H2,1-2,4-6H3. The molecule has 0 aliphatic carbocycles. The maximum Gasteiger partial charge on any atom is 0.333 e. The highest BCUT2D eigenvalue weighted by Gasteiger charge is 2.38. The second-order valence-corrected chi connectivity index (χ2v) is 5.20. The third-order valence-electron chi connectivity index (χ3n) is 2.55. The summed E-state index contributed by atoms with van der Waals surface area (Å²) in [5.74, 6) is -1.58. The largest absolute Gasteiger partial charge is 0.461 e. The third kappa shape index (κ3) is 5.24. The topological polar surface area (TPSA) is 69.7 Å². The minimum Gasteiger partial charge on any atom is -0.461 e. The Hall–Kier alpha value is -1.65. The van der Waals surface area contributed by atoms with Gasteiger partial charge in [-0.3, -0.25) is 9.59 Å². The van der Waals surface area contributed by atoms with Crippen LogP contribution in [0.4, 0.5) is 0 Å². The fraction of sp³-hybridized carbons (Fsp3) is 0.643. The zero-order chi connectivity index (χ0) is 15.2. The van der Waals surface area contributed by atoms with Crippen LogP contribution < -0.4 is 0 Å². The first-order chi connectivity index (χ1) is 8.60. The van der Waals surface area contributed by atoms with E-state index >= 15 is 0 Å². The van der Waals surface area contributed by atoms with E-state index in [1.165, 1.54) is 20.8 Å². The van der Waals surface area contributed by atoms with Crippen molar-refractivity contribution in [3.63, 3.8) is 0 Å². The Labute approximate surface area is 114 Å².